The lowest BCUT2D eigenvalue weighted by molar-refractivity contribution is -0.156. The van der Waals surface area contributed by atoms with Crippen molar-refractivity contribution in [3.05, 3.63) is 35.9 Å². The molecule has 288 valence electrons. The Morgan fingerprint density at radius 1 is 0.827 bits per heavy atom. The van der Waals surface area contributed by atoms with Gasteiger partial charge in [0.15, 0.2) is 0 Å². The molecule has 0 radical (unpaired) electrons. The first-order valence-electron chi connectivity index (χ1n) is 17.7. The van der Waals surface area contributed by atoms with Crippen LogP contribution >= 0.6 is 0 Å². The van der Waals surface area contributed by atoms with Crippen LogP contribution in [0.2, 0.25) is 0 Å². The van der Waals surface area contributed by atoms with E-state index in [9.17, 15) is 33.6 Å². The number of carbonyl (C=O) groups excluding carboxylic acids is 7. The Morgan fingerprint density at radius 3 is 2.06 bits per heavy atom. The van der Waals surface area contributed by atoms with Crippen LogP contribution in [0.5, 0.6) is 0 Å². The molecule has 2 aliphatic rings. The molecule has 0 aliphatic carbocycles. The van der Waals surface area contributed by atoms with E-state index in [0.717, 1.165) is 0 Å². The molecule has 16 nitrogen and oxygen atoms in total. The number of hydrogen-bond acceptors (Lipinski definition) is 10. The second kappa shape index (κ2) is 18.2. The first-order chi connectivity index (χ1) is 24.3. The summed E-state index contributed by atoms with van der Waals surface area (Å²) in [6.45, 7) is 10.3. The largest absolute Gasteiger partial charge is 0.460 e. The first-order valence-corrected chi connectivity index (χ1v) is 17.7. The van der Waals surface area contributed by atoms with Gasteiger partial charge >= 0.3 is 12.1 Å². The summed E-state index contributed by atoms with van der Waals surface area (Å²) in [4.78, 5) is 96.2. The number of carbonyl (C=O) groups is 7. The van der Waals surface area contributed by atoms with Crippen LogP contribution in [0.15, 0.2) is 30.3 Å². The molecule has 1 aromatic carbocycles. The van der Waals surface area contributed by atoms with Crippen LogP contribution in [0.25, 0.3) is 0 Å². The molecule has 6 N–H and O–H groups in total. The fraction of sp³-hybridized carbons (Fsp3) is 0.639. The Kier molecular flexibility index (Phi) is 14.6. The van der Waals surface area contributed by atoms with Crippen LogP contribution in [0, 0.1) is 0 Å². The highest BCUT2D eigenvalue weighted by atomic mass is 16.6. The second-order valence-electron chi connectivity index (χ2n) is 15.2. The Bertz CT molecular complexity index is 1450. The van der Waals surface area contributed by atoms with Crippen molar-refractivity contribution >= 4 is 41.6 Å². The van der Waals surface area contributed by atoms with Gasteiger partial charge in [-0.2, -0.15) is 0 Å². The number of amides is 6. The van der Waals surface area contributed by atoms with E-state index in [2.05, 4.69) is 31.9 Å². The molecule has 0 saturated carbocycles. The van der Waals surface area contributed by atoms with Gasteiger partial charge in [0.05, 0.1) is 13.0 Å². The lowest BCUT2D eigenvalue weighted by atomic mass is 9.85. The molecule has 52 heavy (non-hydrogen) atoms. The van der Waals surface area contributed by atoms with Crippen LogP contribution in [0.1, 0.15) is 79.2 Å². The van der Waals surface area contributed by atoms with Crippen molar-refractivity contribution in [1.82, 2.24) is 36.8 Å². The van der Waals surface area contributed by atoms with Gasteiger partial charge in [0, 0.05) is 19.5 Å². The standard InChI is InChI=1S/C36H55N7O9/c1-34(2,3)51-28(45)21-26-30(47)40-25(20-23-12-9-8-10-13-23)31(48)42-36(15-18-43(19-16-36)33(50)52-35(4,5)6)32(49)41-24(14-11-17-37-7)29(46)38-22-27(44)39-26/h8-10,12-13,24-26,37H,11,14-22H2,1-7H3,(H,38,46)(H,39,44)(H,40,47)(H,41,49)(H,42,48)/t24-,25+,26-/m0/s1. The predicted octanol–water partition coefficient (Wildman–Crippen LogP) is 0.431. The van der Waals surface area contributed by atoms with Gasteiger partial charge in [-0.1, -0.05) is 30.3 Å². The smallest absolute Gasteiger partial charge is 0.410 e. The number of likely N-dealkylation sites (tertiary alicyclic amines) is 1. The number of ether oxygens (including phenoxy) is 2. The third-order valence-corrected chi connectivity index (χ3v) is 8.39. The van der Waals surface area contributed by atoms with Crippen molar-refractivity contribution in [2.75, 3.05) is 33.2 Å². The van der Waals surface area contributed by atoms with Crippen LogP contribution < -0.4 is 31.9 Å². The van der Waals surface area contributed by atoms with Crippen molar-refractivity contribution < 1.29 is 43.0 Å². The Balaban J connectivity index is 2.04. The molecule has 1 spiro atoms. The minimum absolute atomic E-state index is 0.0000653. The summed E-state index contributed by atoms with van der Waals surface area (Å²) < 4.78 is 10.9. The number of esters is 1. The number of nitrogens with zero attached hydrogens (tertiary/aromatic N) is 1. The highest BCUT2D eigenvalue weighted by Crippen LogP contribution is 2.26. The van der Waals surface area contributed by atoms with E-state index in [0.29, 0.717) is 18.5 Å². The lowest BCUT2D eigenvalue weighted by Crippen LogP contribution is -2.68. The highest BCUT2D eigenvalue weighted by molar-refractivity contribution is 5.99. The Morgan fingerprint density at radius 2 is 1.46 bits per heavy atom. The fourth-order valence-electron chi connectivity index (χ4n) is 5.80. The number of piperidine rings is 1. The maximum Gasteiger partial charge on any atom is 0.410 e. The summed E-state index contributed by atoms with van der Waals surface area (Å²) >= 11 is 0. The maximum atomic E-state index is 14.3. The Labute approximate surface area is 305 Å². The van der Waals surface area contributed by atoms with Crippen molar-refractivity contribution in [1.29, 1.82) is 0 Å². The number of benzene rings is 1. The van der Waals surface area contributed by atoms with Gasteiger partial charge in [-0.25, -0.2) is 4.79 Å². The average molecular weight is 730 g/mol. The topological polar surface area (TPSA) is 213 Å². The zero-order valence-electron chi connectivity index (χ0n) is 31.3. The van der Waals surface area contributed by atoms with E-state index < -0.39 is 89.4 Å². The SMILES string of the molecule is CNCCC[C@@H]1NC(=O)C2(CCN(C(=O)OC(C)(C)C)CC2)NC(=O)[C@@H](Cc2ccccc2)NC(=O)[C@H](CC(=O)OC(C)(C)C)NC(=O)CNC1=O. The Hall–Kier alpha value is -4.73. The lowest BCUT2D eigenvalue weighted by Gasteiger charge is -2.42. The molecule has 0 bridgehead atoms. The zero-order chi connectivity index (χ0) is 38.7. The third kappa shape index (κ3) is 13.1. The summed E-state index contributed by atoms with van der Waals surface area (Å²) in [6, 6.07) is 5.05. The van der Waals surface area contributed by atoms with Gasteiger partial charge in [-0.3, -0.25) is 28.8 Å². The zero-order valence-corrected chi connectivity index (χ0v) is 31.3. The molecule has 16 heteroatoms. The molecule has 3 atom stereocenters. The molecule has 3 rings (SSSR count). The molecule has 1 aromatic rings. The van der Waals surface area contributed by atoms with E-state index in [1.165, 1.54) is 4.90 Å². The van der Waals surface area contributed by atoms with E-state index in [1.807, 2.05) is 0 Å². The molecule has 2 aliphatic heterocycles. The monoisotopic (exact) mass is 729 g/mol. The summed E-state index contributed by atoms with van der Waals surface area (Å²) in [6.07, 6.45) is -0.490. The third-order valence-electron chi connectivity index (χ3n) is 8.39. The summed E-state index contributed by atoms with van der Waals surface area (Å²) in [5.74, 6) is -4.42. The molecule has 6 amide bonds. The molecule has 2 fully saturated rings. The number of hydrogen-bond donors (Lipinski definition) is 6. The summed E-state index contributed by atoms with van der Waals surface area (Å²) in [5, 5.41) is 16.4. The van der Waals surface area contributed by atoms with Gasteiger partial charge in [0.1, 0.15) is 34.9 Å². The normalized spacial score (nSPS) is 22.1. The molecule has 2 heterocycles. The van der Waals surface area contributed by atoms with Crippen molar-refractivity contribution in [2.24, 2.45) is 0 Å². The number of rotatable bonds is 8. The van der Waals surface area contributed by atoms with Crippen LogP contribution in [0.4, 0.5) is 4.79 Å². The van der Waals surface area contributed by atoms with Crippen LogP contribution in [0.3, 0.4) is 0 Å². The van der Waals surface area contributed by atoms with Gasteiger partial charge < -0.3 is 46.3 Å². The van der Waals surface area contributed by atoms with Crippen molar-refractivity contribution in [2.45, 2.75) is 115 Å². The van der Waals surface area contributed by atoms with Gasteiger partial charge in [0.2, 0.25) is 29.5 Å². The van der Waals surface area contributed by atoms with Crippen LogP contribution in [-0.2, 0) is 44.7 Å². The number of nitrogens with one attached hydrogen (secondary N) is 6. The molecular formula is C36H55N7O9. The van der Waals surface area contributed by atoms with Gasteiger partial charge in [-0.15, -0.1) is 0 Å². The van der Waals surface area contributed by atoms with Crippen molar-refractivity contribution in [3.8, 4) is 0 Å². The van der Waals surface area contributed by atoms with Gasteiger partial charge in [-0.05, 0) is 86.4 Å². The van der Waals surface area contributed by atoms with E-state index in [1.54, 1.807) is 78.9 Å². The minimum Gasteiger partial charge on any atom is -0.460 e. The van der Waals surface area contributed by atoms with Crippen molar-refractivity contribution in [3.63, 3.8) is 0 Å². The van der Waals surface area contributed by atoms with Crippen LogP contribution in [-0.4, -0.2) is 115 Å². The minimum atomic E-state index is -1.60. The maximum absolute atomic E-state index is 14.3. The van der Waals surface area contributed by atoms with Gasteiger partial charge in [0.25, 0.3) is 0 Å². The molecule has 2 saturated heterocycles. The van der Waals surface area contributed by atoms with E-state index >= 15 is 0 Å². The molecule has 0 unspecified atom stereocenters. The average Bonchev–Trinajstić information content (AvgIpc) is 3.04. The van der Waals surface area contributed by atoms with E-state index in [-0.39, 0.29) is 38.8 Å². The summed E-state index contributed by atoms with van der Waals surface area (Å²) in [7, 11) is 1.75. The van der Waals surface area contributed by atoms with E-state index in [4.69, 9.17) is 9.47 Å². The summed E-state index contributed by atoms with van der Waals surface area (Å²) in [5.41, 5.74) is -2.54. The fourth-order valence-corrected chi connectivity index (χ4v) is 5.80. The quantitative estimate of drug-likeness (QED) is 0.160. The predicted molar refractivity (Wildman–Crippen MR) is 190 cm³/mol. The second-order valence-corrected chi connectivity index (χ2v) is 15.2. The highest BCUT2D eigenvalue weighted by Gasteiger charge is 2.46. The first kappa shape index (κ1) is 41.7. The molecule has 0 aromatic heterocycles. The molecular weight excluding hydrogens is 674 g/mol.